The Morgan fingerprint density at radius 3 is 2.31 bits per heavy atom. The standard InChI is InChI=1S/C23H18ClF7N2O2/c1-2-34-19-11-14(12-32-33-23(30,31)21(25,26)22(27,28)29)10-18(24)20(19)35-13-16-8-5-7-15-6-3-4-9-17(15)16/h3-12,33H,2,13H2,1H3/b32-12+. The van der Waals surface area contributed by atoms with Gasteiger partial charge in [0.15, 0.2) is 11.5 Å². The summed E-state index contributed by atoms with van der Waals surface area (Å²) in [5, 5.41) is 4.76. The summed E-state index contributed by atoms with van der Waals surface area (Å²) >= 11 is 6.25. The van der Waals surface area contributed by atoms with E-state index in [0.29, 0.717) is 11.6 Å². The zero-order chi connectivity index (χ0) is 25.9. The molecule has 12 heteroatoms. The third-order valence-electron chi connectivity index (χ3n) is 4.75. The zero-order valence-electron chi connectivity index (χ0n) is 18.0. The van der Waals surface area contributed by atoms with E-state index in [-0.39, 0.29) is 35.3 Å². The first kappa shape index (κ1) is 26.4. The summed E-state index contributed by atoms with van der Waals surface area (Å²) in [6.45, 7) is 1.93. The van der Waals surface area contributed by atoms with Crippen LogP contribution in [0, 0.1) is 0 Å². The number of halogens is 8. The van der Waals surface area contributed by atoms with Gasteiger partial charge in [-0.2, -0.15) is 35.8 Å². The Hall–Kier alpha value is -3.21. The van der Waals surface area contributed by atoms with Crippen LogP contribution in [0.2, 0.25) is 5.02 Å². The molecule has 3 aromatic rings. The fourth-order valence-electron chi connectivity index (χ4n) is 3.07. The first-order chi connectivity index (χ1) is 16.4. The lowest BCUT2D eigenvalue weighted by Gasteiger charge is -2.27. The van der Waals surface area contributed by atoms with Gasteiger partial charge in [-0.15, -0.1) is 0 Å². The minimum absolute atomic E-state index is 0.0189. The SMILES string of the molecule is CCOc1cc(/C=N/NC(F)(F)C(F)(F)C(F)(F)F)cc(Cl)c1OCc1cccc2ccccc12. The molecule has 4 nitrogen and oxygen atoms in total. The van der Waals surface area contributed by atoms with Crippen molar-refractivity contribution in [3.05, 3.63) is 70.7 Å². The molecule has 0 aliphatic heterocycles. The molecule has 0 atom stereocenters. The maximum atomic E-state index is 13.4. The van der Waals surface area contributed by atoms with Crippen LogP contribution in [0.4, 0.5) is 30.7 Å². The molecule has 0 amide bonds. The lowest BCUT2D eigenvalue weighted by molar-refractivity contribution is -0.361. The van der Waals surface area contributed by atoms with Gasteiger partial charge >= 0.3 is 18.1 Å². The number of hydrogen-bond donors (Lipinski definition) is 1. The molecule has 0 aliphatic rings. The van der Waals surface area contributed by atoms with Gasteiger partial charge in [0.2, 0.25) is 0 Å². The number of alkyl halides is 7. The molecule has 0 aliphatic carbocycles. The highest BCUT2D eigenvalue weighted by Crippen LogP contribution is 2.45. The van der Waals surface area contributed by atoms with Gasteiger partial charge in [-0.1, -0.05) is 54.1 Å². The highest BCUT2D eigenvalue weighted by atomic mass is 35.5. The molecule has 0 unspecified atom stereocenters. The predicted molar refractivity (Wildman–Crippen MR) is 118 cm³/mol. The molecule has 0 radical (unpaired) electrons. The predicted octanol–water partition coefficient (Wildman–Crippen LogP) is 7.18. The van der Waals surface area contributed by atoms with Crippen molar-refractivity contribution in [3.8, 4) is 11.5 Å². The Morgan fingerprint density at radius 1 is 0.943 bits per heavy atom. The minimum Gasteiger partial charge on any atom is -0.490 e. The number of hydrogen-bond acceptors (Lipinski definition) is 4. The van der Waals surface area contributed by atoms with Crippen LogP contribution in [-0.4, -0.2) is 31.0 Å². The summed E-state index contributed by atoms with van der Waals surface area (Å²) < 4.78 is 101. The van der Waals surface area contributed by atoms with Gasteiger partial charge in [-0.3, -0.25) is 0 Å². The Kier molecular flexibility index (Phi) is 7.68. The van der Waals surface area contributed by atoms with Crippen molar-refractivity contribution in [1.29, 1.82) is 0 Å². The first-order valence-corrected chi connectivity index (χ1v) is 10.4. The van der Waals surface area contributed by atoms with Crippen LogP contribution in [0.1, 0.15) is 18.1 Å². The fourth-order valence-corrected chi connectivity index (χ4v) is 3.34. The molecule has 0 saturated heterocycles. The average Bonchev–Trinajstić information content (AvgIpc) is 2.78. The Labute approximate surface area is 200 Å². The van der Waals surface area contributed by atoms with Crippen LogP contribution in [0.25, 0.3) is 10.8 Å². The largest absolute Gasteiger partial charge is 0.490 e. The quantitative estimate of drug-likeness (QED) is 0.140. The Bertz CT molecular complexity index is 1210. The van der Waals surface area contributed by atoms with Crippen molar-refractivity contribution in [1.82, 2.24) is 5.43 Å². The number of fused-ring (bicyclic) bond motifs is 1. The molecule has 1 N–H and O–H groups in total. The summed E-state index contributed by atoms with van der Waals surface area (Å²) in [6.07, 6.45) is -5.88. The third-order valence-corrected chi connectivity index (χ3v) is 5.03. The number of nitrogens with one attached hydrogen (secondary N) is 1. The van der Waals surface area contributed by atoms with Crippen LogP contribution < -0.4 is 14.9 Å². The van der Waals surface area contributed by atoms with E-state index in [1.807, 2.05) is 42.5 Å². The number of ether oxygens (including phenoxy) is 2. The summed E-state index contributed by atoms with van der Waals surface area (Å²) in [5.41, 5.74) is 1.39. The summed E-state index contributed by atoms with van der Waals surface area (Å²) in [5.74, 6) is -6.13. The second-order valence-corrected chi connectivity index (χ2v) is 7.61. The third kappa shape index (κ3) is 5.72. The van der Waals surface area contributed by atoms with Crippen LogP contribution >= 0.6 is 11.6 Å². The van der Waals surface area contributed by atoms with E-state index in [9.17, 15) is 30.7 Å². The maximum Gasteiger partial charge on any atom is 0.462 e. The Balaban J connectivity index is 1.81. The molecular weight excluding hydrogens is 505 g/mol. The van der Waals surface area contributed by atoms with Gasteiger partial charge < -0.3 is 9.47 Å². The normalized spacial score (nSPS) is 12.8. The minimum atomic E-state index is -6.48. The topological polar surface area (TPSA) is 42.8 Å². The van der Waals surface area contributed by atoms with Crippen LogP contribution in [0.3, 0.4) is 0 Å². The molecule has 0 saturated carbocycles. The lowest BCUT2D eigenvalue weighted by atomic mass is 10.1. The molecule has 0 fully saturated rings. The lowest BCUT2D eigenvalue weighted by Crippen LogP contribution is -2.58. The van der Waals surface area contributed by atoms with Gasteiger partial charge in [-0.25, -0.2) is 5.43 Å². The Morgan fingerprint density at radius 2 is 1.63 bits per heavy atom. The van der Waals surface area contributed by atoms with E-state index in [4.69, 9.17) is 21.1 Å². The van der Waals surface area contributed by atoms with E-state index in [0.717, 1.165) is 16.3 Å². The van der Waals surface area contributed by atoms with E-state index in [1.165, 1.54) is 12.1 Å². The monoisotopic (exact) mass is 522 g/mol. The summed E-state index contributed by atoms with van der Waals surface area (Å²) in [7, 11) is 0. The van der Waals surface area contributed by atoms with Crippen LogP contribution in [0.5, 0.6) is 11.5 Å². The fraction of sp³-hybridized carbons (Fsp3) is 0.261. The van der Waals surface area contributed by atoms with Crippen molar-refractivity contribution in [3.63, 3.8) is 0 Å². The van der Waals surface area contributed by atoms with E-state index in [2.05, 4.69) is 5.10 Å². The first-order valence-electron chi connectivity index (χ1n) is 10.1. The molecular formula is C23H18ClF7N2O2. The summed E-state index contributed by atoms with van der Waals surface area (Å²) in [6, 6.07) is 10.1. The zero-order valence-corrected chi connectivity index (χ0v) is 18.7. The number of hydrazone groups is 1. The smallest absolute Gasteiger partial charge is 0.462 e. The highest BCUT2D eigenvalue weighted by molar-refractivity contribution is 6.32. The summed E-state index contributed by atoms with van der Waals surface area (Å²) in [4.78, 5) is 0. The van der Waals surface area contributed by atoms with Gasteiger partial charge in [0.1, 0.15) is 6.61 Å². The average molecular weight is 523 g/mol. The van der Waals surface area contributed by atoms with Gasteiger partial charge in [0.05, 0.1) is 17.8 Å². The molecule has 35 heavy (non-hydrogen) atoms. The van der Waals surface area contributed by atoms with Crippen molar-refractivity contribution in [2.45, 2.75) is 31.7 Å². The van der Waals surface area contributed by atoms with Gasteiger partial charge in [-0.05, 0) is 41.0 Å². The maximum absolute atomic E-state index is 13.4. The van der Waals surface area contributed by atoms with E-state index >= 15 is 0 Å². The molecule has 0 heterocycles. The number of nitrogens with zero attached hydrogens (tertiary/aromatic N) is 1. The van der Waals surface area contributed by atoms with Crippen molar-refractivity contribution >= 4 is 28.6 Å². The molecule has 188 valence electrons. The highest BCUT2D eigenvalue weighted by Gasteiger charge is 2.73. The second-order valence-electron chi connectivity index (χ2n) is 7.21. The van der Waals surface area contributed by atoms with Crippen molar-refractivity contribution < 1.29 is 40.2 Å². The molecule has 3 aromatic carbocycles. The van der Waals surface area contributed by atoms with Gasteiger partial charge in [0, 0.05) is 0 Å². The molecule has 3 rings (SSSR count). The van der Waals surface area contributed by atoms with E-state index in [1.54, 1.807) is 6.92 Å². The van der Waals surface area contributed by atoms with Crippen LogP contribution in [-0.2, 0) is 6.61 Å². The number of rotatable bonds is 9. The molecule has 0 spiro atoms. The second kappa shape index (κ2) is 10.2. The van der Waals surface area contributed by atoms with Crippen molar-refractivity contribution in [2.24, 2.45) is 5.10 Å². The molecule has 0 aromatic heterocycles. The van der Waals surface area contributed by atoms with Crippen LogP contribution in [0.15, 0.2) is 59.7 Å². The van der Waals surface area contributed by atoms with Gasteiger partial charge in [0.25, 0.3) is 0 Å². The molecule has 0 bridgehead atoms. The van der Waals surface area contributed by atoms with Crippen molar-refractivity contribution in [2.75, 3.05) is 6.61 Å². The van der Waals surface area contributed by atoms with E-state index < -0.39 is 18.1 Å². The number of benzene rings is 3.